The van der Waals surface area contributed by atoms with Gasteiger partial charge in [0.1, 0.15) is 11.5 Å². The summed E-state index contributed by atoms with van der Waals surface area (Å²) < 4.78 is 11.6. The zero-order chi connectivity index (χ0) is 29.2. The molecule has 3 aliphatic rings. The fourth-order valence-electron chi connectivity index (χ4n) is 7.31. The van der Waals surface area contributed by atoms with Gasteiger partial charge in [-0.2, -0.15) is 0 Å². The maximum atomic E-state index is 14.8. The third kappa shape index (κ3) is 3.35. The molecular weight excluding hydrogens is 526 g/mol. The van der Waals surface area contributed by atoms with Crippen molar-refractivity contribution in [1.29, 1.82) is 0 Å². The first kappa shape index (κ1) is 26.0. The minimum Gasteiger partial charge on any atom is -0.493 e. The lowest BCUT2D eigenvalue weighted by atomic mass is 9.64. The van der Waals surface area contributed by atoms with E-state index in [1.807, 2.05) is 84.6 Å². The molecule has 0 saturated carbocycles. The predicted molar refractivity (Wildman–Crippen MR) is 161 cm³/mol. The first-order valence-corrected chi connectivity index (χ1v) is 14.0. The van der Waals surface area contributed by atoms with Crippen LogP contribution in [0.1, 0.15) is 53.7 Å². The number of ketones is 3. The second-order valence-corrected chi connectivity index (χ2v) is 11.1. The molecule has 1 fully saturated rings. The zero-order valence-corrected chi connectivity index (χ0v) is 23.5. The van der Waals surface area contributed by atoms with E-state index in [0.29, 0.717) is 33.8 Å². The average Bonchev–Trinajstić information content (AvgIpc) is 3.46. The molecule has 6 nitrogen and oxygen atoms in total. The highest BCUT2D eigenvalue weighted by Gasteiger charge is 2.72. The van der Waals surface area contributed by atoms with E-state index < -0.39 is 23.4 Å². The van der Waals surface area contributed by atoms with Gasteiger partial charge in [0.15, 0.2) is 28.8 Å². The van der Waals surface area contributed by atoms with Gasteiger partial charge in [0, 0.05) is 33.9 Å². The Balaban J connectivity index is 1.58. The molecule has 42 heavy (non-hydrogen) atoms. The number of carbonyl (C=O) groups excluding carboxylic acids is 3. The van der Waals surface area contributed by atoms with Crippen LogP contribution >= 0.6 is 0 Å². The van der Waals surface area contributed by atoms with E-state index in [4.69, 9.17) is 9.47 Å². The summed E-state index contributed by atoms with van der Waals surface area (Å²) in [6.45, 7) is 1.97. The lowest BCUT2D eigenvalue weighted by molar-refractivity contribution is 0.0664. The molecule has 0 bridgehead atoms. The maximum absolute atomic E-state index is 14.8. The highest BCUT2D eigenvalue weighted by molar-refractivity contribution is 6.32. The van der Waals surface area contributed by atoms with Crippen molar-refractivity contribution in [2.24, 2.45) is 5.41 Å². The van der Waals surface area contributed by atoms with Gasteiger partial charge in [-0.05, 0) is 24.6 Å². The van der Waals surface area contributed by atoms with E-state index >= 15 is 0 Å². The molecule has 208 valence electrons. The summed E-state index contributed by atoms with van der Waals surface area (Å²) in [5.41, 5.74) is 2.98. The number of rotatable bonds is 5. The monoisotopic (exact) mass is 555 g/mol. The molecule has 4 aromatic carbocycles. The van der Waals surface area contributed by atoms with E-state index in [0.717, 1.165) is 16.8 Å². The number of carbonyl (C=O) groups is 3. The van der Waals surface area contributed by atoms with Gasteiger partial charge in [-0.1, -0.05) is 96.6 Å². The van der Waals surface area contributed by atoms with Crippen molar-refractivity contribution < 1.29 is 23.9 Å². The van der Waals surface area contributed by atoms with E-state index in [2.05, 4.69) is 0 Å². The summed E-state index contributed by atoms with van der Waals surface area (Å²) >= 11 is 0. The largest absolute Gasteiger partial charge is 0.493 e. The Morgan fingerprint density at radius 2 is 1.45 bits per heavy atom. The molecule has 0 N–H and O–H groups in total. The van der Waals surface area contributed by atoms with Crippen molar-refractivity contribution >= 4 is 29.1 Å². The standard InChI is InChI=1S/C36H29NO5/c1-21-15-17-23(18-16-21)32(38)31-30(26-12-8-14-28(41-2)33(26)42-3)36(34(39)24-10-5-6-11-25(24)35(36)40)29-20-19-22-9-4-7-13-27(22)37(29)31/h4-20,29-31H,1-3H3/t29-,30+,31+/m1/s1. The predicted octanol–water partition coefficient (Wildman–Crippen LogP) is 6.33. The van der Waals surface area contributed by atoms with Crippen molar-refractivity contribution in [3.63, 3.8) is 0 Å². The number of ether oxygens (including phenoxy) is 2. The number of anilines is 1. The zero-order valence-electron chi connectivity index (χ0n) is 23.5. The lowest BCUT2D eigenvalue weighted by Gasteiger charge is -2.37. The highest BCUT2D eigenvalue weighted by Crippen LogP contribution is 2.62. The Labute approximate surface area is 244 Å². The number of hydrogen-bond acceptors (Lipinski definition) is 6. The van der Waals surface area contributed by atoms with Gasteiger partial charge in [0.25, 0.3) is 0 Å². The van der Waals surface area contributed by atoms with Crippen LogP contribution in [0.5, 0.6) is 11.5 Å². The van der Waals surface area contributed by atoms with Gasteiger partial charge in [-0.3, -0.25) is 14.4 Å². The maximum Gasteiger partial charge on any atom is 0.185 e. The van der Waals surface area contributed by atoms with Crippen LogP contribution in [0.4, 0.5) is 5.69 Å². The van der Waals surface area contributed by atoms with Crippen molar-refractivity contribution in [2.75, 3.05) is 19.1 Å². The van der Waals surface area contributed by atoms with E-state index in [1.54, 1.807) is 37.4 Å². The topological polar surface area (TPSA) is 72.9 Å². The molecule has 1 saturated heterocycles. The van der Waals surface area contributed by atoms with Gasteiger partial charge < -0.3 is 14.4 Å². The van der Waals surface area contributed by atoms with E-state index in [9.17, 15) is 14.4 Å². The summed E-state index contributed by atoms with van der Waals surface area (Å²) in [5, 5.41) is 0. The molecule has 7 rings (SSSR count). The van der Waals surface area contributed by atoms with Gasteiger partial charge in [0.05, 0.1) is 20.3 Å². The van der Waals surface area contributed by atoms with Gasteiger partial charge in [-0.25, -0.2) is 0 Å². The number of Topliss-reactive ketones (excluding diaryl/α,β-unsaturated/α-hetero) is 3. The van der Waals surface area contributed by atoms with Gasteiger partial charge in [-0.15, -0.1) is 0 Å². The Kier molecular flexibility index (Phi) is 5.91. The summed E-state index contributed by atoms with van der Waals surface area (Å²) in [6, 6.07) is 26.0. The molecule has 0 unspecified atom stereocenters. The molecule has 0 radical (unpaired) electrons. The first-order valence-electron chi connectivity index (χ1n) is 14.0. The molecule has 1 aliphatic carbocycles. The van der Waals surface area contributed by atoms with Gasteiger partial charge in [0.2, 0.25) is 0 Å². The molecular formula is C36H29NO5. The van der Waals surface area contributed by atoms with E-state index in [1.165, 1.54) is 7.11 Å². The Hall–Kier alpha value is -4.97. The number of methoxy groups -OCH3 is 2. The van der Waals surface area contributed by atoms with Crippen LogP contribution < -0.4 is 14.4 Å². The van der Waals surface area contributed by atoms with Crippen molar-refractivity contribution in [1.82, 2.24) is 0 Å². The van der Waals surface area contributed by atoms with Crippen LogP contribution in [-0.2, 0) is 0 Å². The van der Waals surface area contributed by atoms with Crippen molar-refractivity contribution in [2.45, 2.75) is 24.9 Å². The second-order valence-electron chi connectivity index (χ2n) is 11.1. The normalized spacial score (nSPS) is 21.2. The number of fused-ring (bicyclic) bond motifs is 5. The Bertz CT molecular complexity index is 1770. The molecule has 2 aliphatic heterocycles. The van der Waals surface area contributed by atoms with Crippen LogP contribution in [0.2, 0.25) is 0 Å². The number of hydrogen-bond donors (Lipinski definition) is 0. The van der Waals surface area contributed by atoms with Crippen LogP contribution in [0.3, 0.4) is 0 Å². The van der Waals surface area contributed by atoms with Crippen LogP contribution in [0.25, 0.3) is 6.08 Å². The first-order chi connectivity index (χ1) is 20.4. The fourth-order valence-corrected chi connectivity index (χ4v) is 7.31. The number of benzene rings is 4. The Morgan fingerprint density at radius 1 is 0.786 bits per heavy atom. The molecule has 2 heterocycles. The number of nitrogens with zero attached hydrogens (tertiary/aromatic N) is 1. The average molecular weight is 556 g/mol. The summed E-state index contributed by atoms with van der Waals surface area (Å²) in [5.74, 6) is -0.756. The second kappa shape index (κ2) is 9.55. The van der Waals surface area contributed by atoms with Crippen LogP contribution in [0, 0.1) is 12.3 Å². The lowest BCUT2D eigenvalue weighted by Crippen LogP contribution is -2.48. The Morgan fingerprint density at radius 3 is 2.12 bits per heavy atom. The van der Waals surface area contributed by atoms with E-state index in [-0.39, 0.29) is 17.3 Å². The molecule has 0 amide bonds. The molecule has 1 spiro atoms. The summed E-state index contributed by atoms with van der Waals surface area (Å²) in [4.78, 5) is 46.5. The third-order valence-electron chi connectivity index (χ3n) is 9.09. The quantitative estimate of drug-likeness (QED) is 0.212. The minimum atomic E-state index is -1.61. The van der Waals surface area contributed by atoms with Crippen molar-refractivity contribution in [3.8, 4) is 11.5 Å². The van der Waals surface area contributed by atoms with Crippen LogP contribution in [-0.4, -0.2) is 43.7 Å². The minimum absolute atomic E-state index is 0.173. The fraction of sp³-hybridized carbons (Fsp3) is 0.194. The van der Waals surface area contributed by atoms with Gasteiger partial charge >= 0.3 is 0 Å². The van der Waals surface area contributed by atoms with Crippen LogP contribution in [0.15, 0.2) is 97.1 Å². The van der Waals surface area contributed by atoms with Crippen molar-refractivity contribution in [3.05, 3.63) is 130 Å². The number of aryl methyl sites for hydroxylation is 1. The summed E-state index contributed by atoms with van der Waals surface area (Å²) in [6.07, 6.45) is 3.88. The third-order valence-corrected chi connectivity index (χ3v) is 9.09. The molecule has 0 aromatic heterocycles. The molecule has 4 aromatic rings. The smallest absolute Gasteiger partial charge is 0.185 e. The highest BCUT2D eigenvalue weighted by atomic mass is 16.5. The summed E-state index contributed by atoms with van der Waals surface area (Å²) in [7, 11) is 3.08. The molecule has 6 heteroatoms. The number of para-hydroxylation sites is 2. The molecule has 3 atom stereocenters. The SMILES string of the molecule is COc1cccc([C@H]2[C@@H](C(=O)c3ccc(C)cc3)N3c4ccccc4C=C[C@@H]3C23C(=O)c2ccccc2C3=O)c1OC.